The zero-order chi connectivity index (χ0) is 14.6. The van der Waals surface area contributed by atoms with Crippen molar-refractivity contribution in [2.45, 2.75) is 31.8 Å². The van der Waals surface area contributed by atoms with Crippen LogP contribution in [0.25, 0.3) is 0 Å². The highest BCUT2D eigenvalue weighted by Gasteiger charge is 2.35. The second-order valence-corrected chi connectivity index (χ2v) is 6.06. The van der Waals surface area contributed by atoms with E-state index in [-0.39, 0.29) is 24.1 Å². The zero-order valence-corrected chi connectivity index (χ0v) is 12.6. The smallest absolute Gasteiger partial charge is 0.248 e. The molecule has 0 saturated carbocycles. The fraction of sp³-hybridized carbons (Fsp3) is 0.562. The van der Waals surface area contributed by atoms with Gasteiger partial charge >= 0.3 is 0 Å². The van der Waals surface area contributed by atoms with Crippen LogP contribution < -0.4 is 5.32 Å². The van der Waals surface area contributed by atoms with Gasteiger partial charge in [0.25, 0.3) is 0 Å². The molecule has 0 aliphatic carbocycles. The predicted molar refractivity (Wildman–Crippen MR) is 79.6 cm³/mol. The van der Waals surface area contributed by atoms with Crippen LogP contribution in [0.4, 0.5) is 0 Å². The van der Waals surface area contributed by atoms with E-state index in [0.717, 1.165) is 13.0 Å². The minimum absolute atomic E-state index is 0.0451. The maximum absolute atomic E-state index is 12.3. The fourth-order valence-corrected chi connectivity index (χ4v) is 2.68. The third kappa shape index (κ3) is 3.81. The van der Waals surface area contributed by atoms with E-state index in [1.165, 1.54) is 5.56 Å². The second-order valence-electron chi connectivity index (χ2n) is 6.06. The summed E-state index contributed by atoms with van der Waals surface area (Å²) >= 11 is 0. The van der Waals surface area contributed by atoms with Crippen LogP contribution >= 0.6 is 0 Å². The Morgan fingerprint density at radius 2 is 2.10 bits per heavy atom. The van der Waals surface area contributed by atoms with Gasteiger partial charge in [-0.15, -0.1) is 0 Å². The van der Waals surface area contributed by atoms with Crippen molar-refractivity contribution in [3.63, 3.8) is 0 Å². The Kier molecular flexibility index (Phi) is 4.78. The quantitative estimate of drug-likeness (QED) is 0.905. The minimum atomic E-state index is -0.0451. The molecule has 1 saturated heterocycles. The number of nitrogens with one attached hydrogen (secondary N) is 1. The molecule has 1 amide bonds. The van der Waals surface area contributed by atoms with E-state index >= 15 is 0 Å². The largest absolute Gasteiger partial charge is 0.375 e. The normalized spacial score (nSPS) is 21.8. The third-order valence-electron chi connectivity index (χ3n) is 3.72. The number of rotatable bonds is 4. The van der Waals surface area contributed by atoms with E-state index in [1.54, 1.807) is 7.11 Å². The highest BCUT2D eigenvalue weighted by molar-refractivity contribution is 5.78. The Hall–Kier alpha value is -1.39. The van der Waals surface area contributed by atoms with Crippen LogP contribution in [0.3, 0.4) is 0 Å². The lowest BCUT2D eigenvalue weighted by Gasteiger charge is -2.44. The fourth-order valence-electron chi connectivity index (χ4n) is 2.68. The van der Waals surface area contributed by atoms with Gasteiger partial charge in [0.1, 0.15) is 6.61 Å². The van der Waals surface area contributed by atoms with Gasteiger partial charge in [-0.2, -0.15) is 0 Å². The van der Waals surface area contributed by atoms with Crippen molar-refractivity contribution >= 4 is 5.91 Å². The average Bonchev–Trinajstić information content (AvgIpc) is 2.42. The van der Waals surface area contributed by atoms with Gasteiger partial charge in [0.15, 0.2) is 0 Å². The van der Waals surface area contributed by atoms with E-state index in [2.05, 4.69) is 31.3 Å². The lowest BCUT2D eigenvalue weighted by Crippen LogP contribution is -2.64. The number of hydrogen-bond acceptors (Lipinski definition) is 3. The molecular formula is C16H24N2O2. The molecule has 1 fully saturated rings. The Balaban J connectivity index is 2.10. The topological polar surface area (TPSA) is 41.6 Å². The van der Waals surface area contributed by atoms with Crippen LogP contribution in [-0.2, 0) is 16.0 Å². The summed E-state index contributed by atoms with van der Waals surface area (Å²) < 4.78 is 5.01. The van der Waals surface area contributed by atoms with Crippen LogP contribution in [-0.4, -0.2) is 49.2 Å². The van der Waals surface area contributed by atoms with Crippen molar-refractivity contribution in [2.24, 2.45) is 0 Å². The molecule has 0 bridgehead atoms. The molecule has 1 unspecified atom stereocenters. The van der Waals surface area contributed by atoms with E-state index in [0.29, 0.717) is 6.54 Å². The molecule has 1 aliphatic rings. The molecule has 1 heterocycles. The number of amides is 1. The number of piperazine rings is 1. The Morgan fingerprint density at radius 1 is 1.40 bits per heavy atom. The Bertz CT molecular complexity index is 445. The van der Waals surface area contributed by atoms with Crippen LogP contribution in [0.2, 0.25) is 0 Å². The average molecular weight is 276 g/mol. The predicted octanol–water partition coefficient (Wildman–Crippen LogP) is 1.45. The minimum Gasteiger partial charge on any atom is -0.375 e. The molecule has 1 atom stereocenters. The molecule has 4 nitrogen and oxygen atoms in total. The van der Waals surface area contributed by atoms with E-state index in [4.69, 9.17) is 4.74 Å². The summed E-state index contributed by atoms with van der Waals surface area (Å²) in [6, 6.07) is 10.5. The number of carbonyl (C=O) groups excluding carboxylic acids is 1. The van der Waals surface area contributed by atoms with Crippen molar-refractivity contribution in [1.82, 2.24) is 10.2 Å². The number of methoxy groups -OCH3 is 1. The summed E-state index contributed by atoms with van der Waals surface area (Å²) in [7, 11) is 1.57. The van der Waals surface area contributed by atoms with Gasteiger partial charge in [0.05, 0.1) is 0 Å². The lowest BCUT2D eigenvalue weighted by atomic mass is 9.95. The van der Waals surface area contributed by atoms with Crippen molar-refractivity contribution < 1.29 is 9.53 Å². The summed E-state index contributed by atoms with van der Waals surface area (Å²) in [4.78, 5) is 14.2. The Morgan fingerprint density at radius 3 is 2.75 bits per heavy atom. The van der Waals surface area contributed by atoms with Crippen LogP contribution in [0, 0.1) is 0 Å². The van der Waals surface area contributed by atoms with E-state index in [1.807, 2.05) is 23.1 Å². The third-order valence-corrected chi connectivity index (χ3v) is 3.72. The number of ether oxygens (including phenoxy) is 1. The van der Waals surface area contributed by atoms with Gasteiger partial charge < -0.3 is 15.0 Å². The highest BCUT2D eigenvalue weighted by atomic mass is 16.5. The molecule has 0 radical (unpaired) electrons. The molecule has 2 rings (SSSR count). The number of hydrogen-bond donors (Lipinski definition) is 1. The second kappa shape index (κ2) is 6.37. The summed E-state index contributed by atoms with van der Waals surface area (Å²) in [5.41, 5.74) is 1.21. The SMILES string of the molecule is COCC(=O)N1CC(C)(C)NCC1Cc1ccccc1. The first kappa shape index (κ1) is 15.0. The number of benzene rings is 1. The first-order valence-electron chi connectivity index (χ1n) is 7.09. The summed E-state index contributed by atoms with van der Waals surface area (Å²) in [5, 5.41) is 3.52. The monoisotopic (exact) mass is 276 g/mol. The molecular weight excluding hydrogens is 252 g/mol. The van der Waals surface area contributed by atoms with Crippen LogP contribution in [0.5, 0.6) is 0 Å². The maximum atomic E-state index is 12.3. The molecule has 1 aromatic carbocycles. The van der Waals surface area contributed by atoms with Gasteiger partial charge in [-0.25, -0.2) is 0 Å². The van der Waals surface area contributed by atoms with Gasteiger partial charge in [0, 0.05) is 31.8 Å². The summed E-state index contributed by atoms with van der Waals surface area (Å²) in [6.07, 6.45) is 0.874. The molecule has 0 aromatic heterocycles. The standard InChI is InChI=1S/C16H24N2O2/c1-16(2)12-18(15(19)11-20-3)14(10-17-16)9-13-7-5-4-6-8-13/h4-8,14,17H,9-12H2,1-3H3. The summed E-state index contributed by atoms with van der Waals surface area (Å²) in [6.45, 7) is 5.93. The van der Waals surface area contributed by atoms with Crippen molar-refractivity contribution in [2.75, 3.05) is 26.8 Å². The maximum Gasteiger partial charge on any atom is 0.248 e. The molecule has 1 N–H and O–H groups in total. The zero-order valence-electron chi connectivity index (χ0n) is 12.6. The van der Waals surface area contributed by atoms with Crippen LogP contribution in [0.15, 0.2) is 30.3 Å². The number of nitrogens with zero attached hydrogens (tertiary/aromatic N) is 1. The molecule has 4 heteroatoms. The molecule has 0 spiro atoms. The highest BCUT2D eigenvalue weighted by Crippen LogP contribution is 2.18. The van der Waals surface area contributed by atoms with E-state index in [9.17, 15) is 4.79 Å². The molecule has 110 valence electrons. The summed E-state index contributed by atoms with van der Waals surface area (Å²) in [5.74, 6) is 0.0722. The van der Waals surface area contributed by atoms with Gasteiger partial charge in [-0.3, -0.25) is 4.79 Å². The van der Waals surface area contributed by atoms with Crippen LogP contribution in [0.1, 0.15) is 19.4 Å². The molecule has 20 heavy (non-hydrogen) atoms. The number of carbonyl (C=O) groups is 1. The first-order valence-corrected chi connectivity index (χ1v) is 7.09. The molecule has 1 aromatic rings. The van der Waals surface area contributed by atoms with Crippen molar-refractivity contribution in [3.8, 4) is 0 Å². The van der Waals surface area contributed by atoms with Gasteiger partial charge in [0.2, 0.25) is 5.91 Å². The van der Waals surface area contributed by atoms with Crippen molar-refractivity contribution in [3.05, 3.63) is 35.9 Å². The van der Waals surface area contributed by atoms with Gasteiger partial charge in [-0.05, 0) is 25.8 Å². The lowest BCUT2D eigenvalue weighted by molar-refractivity contribution is -0.140. The Labute approximate surface area is 121 Å². The van der Waals surface area contributed by atoms with Crippen molar-refractivity contribution in [1.29, 1.82) is 0 Å². The van der Waals surface area contributed by atoms with E-state index < -0.39 is 0 Å². The van der Waals surface area contributed by atoms with Gasteiger partial charge in [-0.1, -0.05) is 30.3 Å². The first-order chi connectivity index (χ1) is 9.52. The molecule has 1 aliphatic heterocycles.